The number of aliphatic hydroxyl groups excluding tert-OH is 2. The Morgan fingerprint density at radius 1 is 1.28 bits per heavy atom. The molecule has 0 aliphatic carbocycles. The van der Waals surface area contributed by atoms with Gasteiger partial charge in [-0.15, -0.1) is 0 Å². The van der Waals surface area contributed by atoms with Crippen molar-refractivity contribution >= 4 is 0 Å². The van der Waals surface area contributed by atoms with Gasteiger partial charge in [0, 0.05) is 31.7 Å². The third-order valence-electron chi connectivity index (χ3n) is 4.06. The molecular weight excluding hydrogens is 234 g/mol. The number of hydrogen-bond donors (Lipinski definition) is 2. The molecule has 0 bridgehead atoms. The fourth-order valence-corrected chi connectivity index (χ4v) is 2.88. The van der Waals surface area contributed by atoms with Crippen molar-refractivity contribution < 1.29 is 19.7 Å². The normalized spacial score (nSPS) is 31.0. The zero-order valence-corrected chi connectivity index (χ0v) is 11.0. The summed E-state index contributed by atoms with van der Waals surface area (Å²) < 4.78 is 11.0. The van der Waals surface area contributed by atoms with E-state index in [1.165, 1.54) is 0 Å². The number of hydrogen-bond acceptors (Lipinski definition) is 5. The molecule has 0 radical (unpaired) electrons. The van der Waals surface area contributed by atoms with Crippen LogP contribution in [-0.4, -0.2) is 73.9 Å². The average molecular weight is 259 g/mol. The molecule has 2 N–H and O–H groups in total. The highest BCUT2D eigenvalue weighted by atomic mass is 16.5. The number of nitrogens with zero attached hydrogens (tertiary/aromatic N) is 1. The van der Waals surface area contributed by atoms with Crippen LogP contribution in [-0.2, 0) is 9.47 Å². The summed E-state index contributed by atoms with van der Waals surface area (Å²) in [5.74, 6) is 0. The van der Waals surface area contributed by atoms with Crippen molar-refractivity contribution in [2.45, 2.75) is 25.4 Å². The van der Waals surface area contributed by atoms with Crippen molar-refractivity contribution in [3.05, 3.63) is 0 Å². The van der Waals surface area contributed by atoms with Crippen LogP contribution < -0.4 is 0 Å². The lowest BCUT2D eigenvalue weighted by Crippen LogP contribution is -2.45. The van der Waals surface area contributed by atoms with Gasteiger partial charge in [0.25, 0.3) is 0 Å². The predicted octanol–water partition coefficient (Wildman–Crippen LogP) is -0.141. The number of aliphatic hydroxyl groups is 2. The molecule has 0 aromatic carbocycles. The summed E-state index contributed by atoms with van der Waals surface area (Å²) in [7, 11) is 0. The van der Waals surface area contributed by atoms with Gasteiger partial charge in [0.15, 0.2) is 0 Å². The minimum absolute atomic E-state index is 0.0429. The molecule has 2 saturated heterocycles. The highest BCUT2D eigenvalue weighted by Crippen LogP contribution is 2.30. The van der Waals surface area contributed by atoms with Crippen molar-refractivity contribution in [3.63, 3.8) is 0 Å². The van der Waals surface area contributed by atoms with Crippen molar-refractivity contribution in [2.75, 3.05) is 52.7 Å². The highest BCUT2D eigenvalue weighted by molar-refractivity contribution is 4.87. The van der Waals surface area contributed by atoms with E-state index in [4.69, 9.17) is 14.6 Å². The smallest absolute Gasteiger partial charge is 0.0701 e. The number of ether oxygens (including phenoxy) is 2. The summed E-state index contributed by atoms with van der Waals surface area (Å²) in [6.45, 7) is 5.17. The first-order valence-electron chi connectivity index (χ1n) is 6.91. The van der Waals surface area contributed by atoms with Crippen LogP contribution in [0.3, 0.4) is 0 Å². The maximum Gasteiger partial charge on any atom is 0.0701 e. The Morgan fingerprint density at radius 2 is 2.06 bits per heavy atom. The molecule has 0 amide bonds. The van der Waals surface area contributed by atoms with Crippen LogP contribution in [0.5, 0.6) is 0 Å². The largest absolute Gasteiger partial charge is 0.396 e. The van der Waals surface area contributed by atoms with Crippen LogP contribution >= 0.6 is 0 Å². The summed E-state index contributed by atoms with van der Waals surface area (Å²) in [5.41, 5.74) is -0.0429. The van der Waals surface area contributed by atoms with E-state index in [0.29, 0.717) is 19.3 Å². The second kappa shape index (κ2) is 6.82. The molecule has 106 valence electrons. The molecule has 0 spiro atoms. The summed E-state index contributed by atoms with van der Waals surface area (Å²) in [6, 6.07) is 0. The second-order valence-electron chi connectivity index (χ2n) is 5.53. The van der Waals surface area contributed by atoms with E-state index >= 15 is 0 Å². The summed E-state index contributed by atoms with van der Waals surface area (Å²) in [4.78, 5) is 2.41. The van der Waals surface area contributed by atoms with E-state index < -0.39 is 0 Å². The van der Waals surface area contributed by atoms with Crippen LogP contribution in [0.4, 0.5) is 0 Å². The van der Waals surface area contributed by atoms with E-state index in [2.05, 4.69) is 4.90 Å². The topological polar surface area (TPSA) is 62.2 Å². The van der Waals surface area contributed by atoms with Crippen LogP contribution in [0.1, 0.15) is 19.3 Å². The lowest BCUT2D eigenvalue weighted by molar-refractivity contribution is -0.0207. The van der Waals surface area contributed by atoms with Crippen molar-refractivity contribution in [3.8, 4) is 0 Å². The SMILES string of the molecule is OCCOC1CCN(CC2(CO)CCOC2)CC1. The van der Waals surface area contributed by atoms with Crippen molar-refractivity contribution in [2.24, 2.45) is 5.41 Å². The van der Waals surface area contributed by atoms with Gasteiger partial charge in [-0.1, -0.05) is 0 Å². The molecule has 5 nitrogen and oxygen atoms in total. The summed E-state index contributed by atoms with van der Waals surface area (Å²) in [5, 5.41) is 18.3. The van der Waals surface area contributed by atoms with Crippen LogP contribution in [0.25, 0.3) is 0 Å². The first-order valence-corrected chi connectivity index (χ1v) is 6.91. The monoisotopic (exact) mass is 259 g/mol. The Hall–Kier alpha value is -0.200. The van der Waals surface area contributed by atoms with Crippen molar-refractivity contribution in [1.29, 1.82) is 0 Å². The molecule has 2 fully saturated rings. The average Bonchev–Trinajstić information content (AvgIpc) is 2.87. The van der Waals surface area contributed by atoms with Gasteiger partial charge in [-0.05, 0) is 19.3 Å². The fourth-order valence-electron chi connectivity index (χ4n) is 2.88. The van der Waals surface area contributed by atoms with E-state index in [9.17, 15) is 5.11 Å². The molecule has 18 heavy (non-hydrogen) atoms. The number of piperidine rings is 1. The standard InChI is InChI=1S/C13H25NO4/c15-6-8-18-12-1-4-14(5-2-12)9-13(10-16)3-7-17-11-13/h12,15-16H,1-11H2. The molecule has 1 atom stereocenters. The van der Waals surface area contributed by atoms with Gasteiger partial charge < -0.3 is 24.6 Å². The van der Waals surface area contributed by atoms with E-state index in [0.717, 1.165) is 45.5 Å². The van der Waals surface area contributed by atoms with Gasteiger partial charge in [0.1, 0.15) is 0 Å². The Labute approximate surface area is 109 Å². The Morgan fingerprint density at radius 3 is 2.61 bits per heavy atom. The lowest BCUT2D eigenvalue weighted by Gasteiger charge is -2.37. The molecule has 2 aliphatic heterocycles. The predicted molar refractivity (Wildman–Crippen MR) is 67.5 cm³/mol. The van der Waals surface area contributed by atoms with Gasteiger partial charge in [0.05, 0.1) is 32.5 Å². The van der Waals surface area contributed by atoms with Gasteiger partial charge in [-0.25, -0.2) is 0 Å². The van der Waals surface area contributed by atoms with Crippen molar-refractivity contribution in [1.82, 2.24) is 4.90 Å². The molecule has 0 saturated carbocycles. The molecule has 2 heterocycles. The first kappa shape index (κ1) is 14.2. The first-order chi connectivity index (χ1) is 8.78. The zero-order chi connectivity index (χ0) is 12.8. The number of likely N-dealkylation sites (tertiary alicyclic amines) is 1. The second-order valence-corrected chi connectivity index (χ2v) is 5.53. The molecule has 0 aromatic rings. The van der Waals surface area contributed by atoms with E-state index in [1.54, 1.807) is 0 Å². The Balaban J connectivity index is 1.72. The highest BCUT2D eigenvalue weighted by Gasteiger charge is 2.36. The zero-order valence-electron chi connectivity index (χ0n) is 11.0. The van der Waals surface area contributed by atoms with Gasteiger partial charge >= 0.3 is 0 Å². The maximum atomic E-state index is 9.56. The van der Waals surface area contributed by atoms with E-state index in [1.807, 2.05) is 0 Å². The van der Waals surface area contributed by atoms with Gasteiger partial charge in [-0.2, -0.15) is 0 Å². The molecule has 0 aromatic heterocycles. The molecule has 5 heteroatoms. The third-order valence-corrected chi connectivity index (χ3v) is 4.06. The molecule has 2 aliphatic rings. The van der Waals surface area contributed by atoms with Gasteiger partial charge in [0.2, 0.25) is 0 Å². The van der Waals surface area contributed by atoms with Crippen LogP contribution in [0, 0.1) is 5.41 Å². The lowest BCUT2D eigenvalue weighted by atomic mass is 9.87. The molecular formula is C13H25NO4. The number of rotatable bonds is 6. The third kappa shape index (κ3) is 3.65. The minimum atomic E-state index is -0.0429. The maximum absolute atomic E-state index is 9.56. The molecule has 2 rings (SSSR count). The Bertz CT molecular complexity index is 235. The van der Waals surface area contributed by atoms with Crippen LogP contribution in [0.2, 0.25) is 0 Å². The minimum Gasteiger partial charge on any atom is -0.396 e. The van der Waals surface area contributed by atoms with E-state index in [-0.39, 0.29) is 18.6 Å². The van der Waals surface area contributed by atoms with Gasteiger partial charge in [-0.3, -0.25) is 0 Å². The fraction of sp³-hybridized carbons (Fsp3) is 1.00. The quantitative estimate of drug-likeness (QED) is 0.695. The van der Waals surface area contributed by atoms with Crippen LogP contribution in [0.15, 0.2) is 0 Å². The molecule has 1 unspecified atom stereocenters. The summed E-state index contributed by atoms with van der Waals surface area (Å²) in [6.07, 6.45) is 3.29. The summed E-state index contributed by atoms with van der Waals surface area (Å²) >= 11 is 0. The Kier molecular flexibility index (Phi) is 5.38.